The van der Waals surface area contributed by atoms with Crippen LogP contribution in [0.25, 0.3) is 0 Å². The topological polar surface area (TPSA) is 12.5 Å². The monoisotopic (exact) mass is 269 g/mol. The van der Waals surface area contributed by atoms with Crippen LogP contribution >= 0.6 is 0 Å². The van der Waals surface area contributed by atoms with E-state index in [0.717, 1.165) is 36.2 Å². The van der Waals surface area contributed by atoms with Crippen molar-refractivity contribution in [3.8, 4) is 5.75 Å². The van der Waals surface area contributed by atoms with E-state index < -0.39 is 6.61 Å². The summed E-state index contributed by atoms with van der Waals surface area (Å²) in [6.07, 6.45) is 0.762. The molecule has 0 aromatic heterocycles. The smallest absolute Gasteiger partial charge is 0.387 e. The lowest BCUT2D eigenvalue weighted by atomic mass is 9.83. The van der Waals surface area contributed by atoms with Gasteiger partial charge in [0, 0.05) is 18.7 Å². The lowest BCUT2D eigenvalue weighted by Gasteiger charge is -2.29. The first kappa shape index (κ1) is 14.3. The van der Waals surface area contributed by atoms with Gasteiger partial charge < -0.3 is 9.64 Å². The van der Waals surface area contributed by atoms with Gasteiger partial charge in [0.1, 0.15) is 5.75 Å². The van der Waals surface area contributed by atoms with Gasteiger partial charge in [0.25, 0.3) is 0 Å². The molecule has 0 amide bonds. The average molecular weight is 269 g/mol. The van der Waals surface area contributed by atoms with E-state index in [9.17, 15) is 8.78 Å². The molecule has 0 fully saturated rings. The summed E-state index contributed by atoms with van der Waals surface area (Å²) in [5.41, 5.74) is 3.01. The summed E-state index contributed by atoms with van der Waals surface area (Å²) in [4.78, 5) is 2.20. The van der Waals surface area contributed by atoms with Crippen molar-refractivity contribution >= 4 is 0 Å². The maximum Gasteiger partial charge on any atom is 0.387 e. The van der Waals surface area contributed by atoms with Crippen LogP contribution in [0.15, 0.2) is 12.1 Å². The number of alkyl halides is 2. The van der Waals surface area contributed by atoms with Crippen molar-refractivity contribution in [3.63, 3.8) is 0 Å². The zero-order chi connectivity index (χ0) is 14.2. The summed E-state index contributed by atoms with van der Waals surface area (Å²) in [6, 6.07) is 3.90. The summed E-state index contributed by atoms with van der Waals surface area (Å²) in [6.45, 7) is 5.13. The summed E-state index contributed by atoms with van der Waals surface area (Å²) < 4.78 is 29.9. The molecule has 0 N–H and O–H groups in total. The van der Waals surface area contributed by atoms with Crippen molar-refractivity contribution < 1.29 is 13.5 Å². The van der Waals surface area contributed by atoms with Gasteiger partial charge in [-0.2, -0.15) is 8.78 Å². The average Bonchev–Trinajstić information content (AvgIpc) is 2.26. The Hall–Kier alpha value is -1.16. The van der Waals surface area contributed by atoms with Crippen LogP contribution in [0.5, 0.6) is 5.75 Å². The molecule has 1 aromatic rings. The number of nitrogens with zero attached hydrogens (tertiary/aromatic N) is 1. The molecule has 0 radical (unpaired) electrons. The largest absolute Gasteiger partial charge is 0.435 e. The van der Waals surface area contributed by atoms with E-state index in [1.807, 2.05) is 7.05 Å². The number of benzene rings is 1. The maximum absolute atomic E-state index is 12.6. The molecule has 1 aromatic carbocycles. The molecule has 1 aliphatic heterocycles. The number of likely N-dealkylation sites (N-methyl/N-ethyl adjacent to an activating group) is 1. The Balaban J connectivity index is 2.48. The van der Waals surface area contributed by atoms with Crippen molar-refractivity contribution in [1.82, 2.24) is 4.90 Å². The molecule has 0 spiro atoms. The first-order valence-corrected chi connectivity index (χ1v) is 6.57. The van der Waals surface area contributed by atoms with Gasteiger partial charge in [0.15, 0.2) is 0 Å². The van der Waals surface area contributed by atoms with Gasteiger partial charge in [-0.3, -0.25) is 0 Å². The highest BCUT2D eigenvalue weighted by molar-refractivity contribution is 5.47. The Bertz CT molecular complexity index is 466. The van der Waals surface area contributed by atoms with Crippen LogP contribution in [-0.2, 0) is 18.4 Å². The molecule has 4 heteroatoms. The van der Waals surface area contributed by atoms with Crippen molar-refractivity contribution in [2.24, 2.45) is 0 Å². The molecule has 19 heavy (non-hydrogen) atoms. The van der Waals surface area contributed by atoms with E-state index >= 15 is 0 Å². The van der Waals surface area contributed by atoms with Crippen molar-refractivity contribution in [1.29, 1.82) is 0 Å². The predicted octanol–water partition coefficient (Wildman–Crippen LogP) is 3.57. The Morgan fingerprint density at radius 1 is 1.26 bits per heavy atom. The molecule has 0 aliphatic carbocycles. The number of hydrogen-bond acceptors (Lipinski definition) is 2. The predicted molar refractivity (Wildman–Crippen MR) is 71.8 cm³/mol. The standard InChI is InChI=1S/C15H21F2NO/c1-15(2,3)11-7-10-9-18(4)6-5-12(10)13(8-11)19-14(16)17/h7-8,14H,5-6,9H2,1-4H3. The van der Waals surface area contributed by atoms with E-state index in [0.29, 0.717) is 5.75 Å². The van der Waals surface area contributed by atoms with Crippen molar-refractivity contribution in [2.75, 3.05) is 13.6 Å². The molecule has 0 unspecified atom stereocenters. The summed E-state index contributed by atoms with van der Waals surface area (Å²) in [7, 11) is 2.04. The van der Waals surface area contributed by atoms with E-state index in [2.05, 4.69) is 31.7 Å². The van der Waals surface area contributed by atoms with Gasteiger partial charge in [0.05, 0.1) is 0 Å². The van der Waals surface area contributed by atoms with Crippen LogP contribution in [-0.4, -0.2) is 25.1 Å². The fourth-order valence-corrected chi connectivity index (χ4v) is 2.43. The Labute approximate surface area is 113 Å². The van der Waals surface area contributed by atoms with Crippen LogP contribution in [0.4, 0.5) is 8.78 Å². The molecule has 1 aliphatic rings. The molecule has 2 nitrogen and oxygen atoms in total. The zero-order valence-electron chi connectivity index (χ0n) is 12.0. The fraction of sp³-hybridized carbons (Fsp3) is 0.600. The minimum Gasteiger partial charge on any atom is -0.435 e. The summed E-state index contributed by atoms with van der Waals surface area (Å²) >= 11 is 0. The second kappa shape index (κ2) is 5.08. The van der Waals surface area contributed by atoms with Crippen LogP contribution in [0.1, 0.15) is 37.5 Å². The fourth-order valence-electron chi connectivity index (χ4n) is 2.43. The summed E-state index contributed by atoms with van der Waals surface area (Å²) in [5, 5.41) is 0. The number of fused-ring (bicyclic) bond motifs is 1. The molecular formula is C15H21F2NO. The lowest BCUT2D eigenvalue weighted by Crippen LogP contribution is -2.28. The van der Waals surface area contributed by atoms with Gasteiger partial charge in [-0.25, -0.2) is 0 Å². The molecule has 1 heterocycles. The molecule has 0 saturated heterocycles. The van der Waals surface area contributed by atoms with E-state index in [4.69, 9.17) is 4.74 Å². The Morgan fingerprint density at radius 2 is 1.95 bits per heavy atom. The quantitative estimate of drug-likeness (QED) is 0.813. The highest BCUT2D eigenvalue weighted by Gasteiger charge is 2.24. The molecule has 0 atom stereocenters. The summed E-state index contributed by atoms with van der Waals surface area (Å²) in [5.74, 6) is 0.352. The second-order valence-electron chi connectivity index (χ2n) is 6.23. The van der Waals surface area contributed by atoms with Gasteiger partial charge in [-0.1, -0.05) is 26.8 Å². The molecular weight excluding hydrogens is 248 g/mol. The number of hydrogen-bond donors (Lipinski definition) is 0. The zero-order valence-corrected chi connectivity index (χ0v) is 12.0. The van der Waals surface area contributed by atoms with Crippen LogP contribution in [0.2, 0.25) is 0 Å². The highest BCUT2D eigenvalue weighted by atomic mass is 19.3. The molecule has 106 valence electrons. The second-order valence-corrected chi connectivity index (χ2v) is 6.23. The molecule has 2 rings (SSSR count). The molecule has 0 saturated carbocycles. The van der Waals surface area contributed by atoms with Gasteiger partial charge in [-0.05, 0) is 36.1 Å². The van der Waals surface area contributed by atoms with Crippen LogP contribution < -0.4 is 4.74 Å². The number of rotatable bonds is 2. The van der Waals surface area contributed by atoms with Gasteiger partial charge in [-0.15, -0.1) is 0 Å². The van der Waals surface area contributed by atoms with Gasteiger partial charge >= 0.3 is 6.61 Å². The number of halogens is 2. The minimum absolute atomic E-state index is 0.0781. The Morgan fingerprint density at radius 3 is 2.53 bits per heavy atom. The van der Waals surface area contributed by atoms with Gasteiger partial charge in [0.2, 0.25) is 0 Å². The molecule has 0 bridgehead atoms. The van der Waals surface area contributed by atoms with Crippen LogP contribution in [0, 0.1) is 0 Å². The highest BCUT2D eigenvalue weighted by Crippen LogP contribution is 2.34. The van der Waals surface area contributed by atoms with E-state index in [-0.39, 0.29) is 5.41 Å². The normalized spacial score (nSPS) is 16.6. The van der Waals surface area contributed by atoms with Crippen molar-refractivity contribution in [3.05, 3.63) is 28.8 Å². The first-order chi connectivity index (χ1) is 8.77. The third-order valence-corrected chi connectivity index (χ3v) is 3.57. The van der Waals surface area contributed by atoms with E-state index in [1.165, 1.54) is 0 Å². The number of ether oxygens (including phenoxy) is 1. The third-order valence-electron chi connectivity index (χ3n) is 3.57. The SMILES string of the molecule is CN1CCc2c(cc(C(C)(C)C)cc2OC(F)F)C1. The lowest BCUT2D eigenvalue weighted by molar-refractivity contribution is -0.0507. The third kappa shape index (κ3) is 3.24. The van der Waals surface area contributed by atoms with E-state index in [1.54, 1.807) is 6.07 Å². The maximum atomic E-state index is 12.6. The first-order valence-electron chi connectivity index (χ1n) is 6.57. The minimum atomic E-state index is -2.76. The Kier molecular flexibility index (Phi) is 3.81. The van der Waals surface area contributed by atoms with Crippen LogP contribution in [0.3, 0.4) is 0 Å². The van der Waals surface area contributed by atoms with Crippen molar-refractivity contribution in [2.45, 2.75) is 45.8 Å².